The van der Waals surface area contributed by atoms with E-state index in [1.165, 1.54) is 11.3 Å². The van der Waals surface area contributed by atoms with Crippen LogP contribution in [-0.2, 0) is 9.59 Å². The van der Waals surface area contributed by atoms with Crippen LogP contribution >= 0.6 is 22.9 Å². The summed E-state index contributed by atoms with van der Waals surface area (Å²) in [6, 6.07) is 15.6. The van der Waals surface area contributed by atoms with Crippen molar-refractivity contribution in [1.82, 2.24) is 15.5 Å². The summed E-state index contributed by atoms with van der Waals surface area (Å²) in [6.45, 7) is 3.69. The van der Waals surface area contributed by atoms with E-state index in [0.717, 1.165) is 5.56 Å². The van der Waals surface area contributed by atoms with Crippen LogP contribution in [0.2, 0.25) is 0 Å². The third-order valence-corrected chi connectivity index (χ3v) is 5.88. The third-order valence-electron chi connectivity index (χ3n) is 4.54. The maximum absolute atomic E-state index is 12.8. The molecule has 162 valence electrons. The van der Waals surface area contributed by atoms with E-state index >= 15 is 0 Å². The summed E-state index contributed by atoms with van der Waals surface area (Å²) < 4.78 is 5.23. The van der Waals surface area contributed by atoms with Crippen LogP contribution in [0.1, 0.15) is 24.8 Å². The molecule has 0 saturated heterocycles. The number of nitrogens with one attached hydrogen (secondary N) is 2. The van der Waals surface area contributed by atoms with Crippen molar-refractivity contribution in [2.75, 3.05) is 12.4 Å². The first-order chi connectivity index (χ1) is 14.9. The number of carbonyl (C=O) groups is 2. The molecule has 2 unspecified atom stereocenters. The van der Waals surface area contributed by atoms with Gasteiger partial charge in [-0.1, -0.05) is 67.6 Å². The van der Waals surface area contributed by atoms with Crippen molar-refractivity contribution in [1.29, 1.82) is 0 Å². The van der Waals surface area contributed by atoms with E-state index in [9.17, 15) is 9.59 Å². The van der Waals surface area contributed by atoms with Crippen molar-refractivity contribution >= 4 is 39.9 Å². The SMILES string of the molecule is COc1cccc(-c2nnc(NC(=O)C(NC(=O)C(Cl)c3ccccc3)C(C)C)s2)c1. The number of nitrogens with zero attached hydrogens (tertiary/aromatic N) is 2. The Bertz CT molecular complexity index is 1040. The van der Waals surface area contributed by atoms with Gasteiger partial charge < -0.3 is 10.1 Å². The Labute approximate surface area is 189 Å². The number of benzene rings is 2. The average molecular weight is 459 g/mol. The van der Waals surface area contributed by atoms with Gasteiger partial charge in [-0.25, -0.2) is 0 Å². The van der Waals surface area contributed by atoms with Crippen molar-refractivity contribution < 1.29 is 14.3 Å². The monoisotopic (exact) mass is 458 g/mol. The third kappa shape index (κ3) is 5.80. The average Bonchev–Trinajstić information content (AvgIpc) is 3.25. The Balaban J connectivity index is 1.68. The van der Waals surface area contributed by atoms with Gasteiger partial charge in [0.2, 0.25) is 16.9 Å². The second kappa shape index (κ2) is 10.4. The lowest BCUT2D eigenvalue weighted by Crippen LogP contribution is -2.48. The number of halogens is 1. The molecule has 0 radical (unpaired) electrons. The molecule has 3 aromatic rings. The zero-order valence-corrected chi connectivity index (χ0v) is 18.9. The van der Waals surface area contributed by atoms with E-state index in [4.69, 9.17) is 16.3 Å². The van der Waals surface area contributed by atoms with Gasteiger partial charge in [0.05, 0.1) is 7.11 Å². The standard InChI is InChI=1S/C22H23ClN4O3S/c1-13(2)18(24-19(28)17(23)14-8-5-4-6-9-14)20(29)25-22-27-26-21(31-22)15-10-7-11-16(12-15)30-3/h4-13,17-18H,1-3H3,(H,24,28)(H,25,27,29). The lowest BCUT2D eigenvalue weighted by atomic mass is 10.0. The van der Waals surface area contributed by atoms with E-state index < -0.39 is 17.3 Å². The van der Waals surface area contributed by atoms with Gasteiger partial charge in [-0.3, -0.25) is 14.9 Å². The molecule has 3 rings (SSSR count). The van der Waals surface area contributed by atoms with Gasteiger partial charge in [0.15, 0.2) is 0 Å². The van der Waals surface area contributed by atoms with Crippen molar-refractivity contribution in [3.05, 3.63) is 60.2 Å². The molecule has 2 atom stereocenters. The van der Waals surface area contributed by atoms with Crippen LogP contribution in [-0.4, -0.2) is 35.2 Å². The predicted molar refractivity (Wildman–Crippen MR) is 122 cm³/mol. The normalized spacial score (nSPS) is 12.8. The Morgan fingerprint density at radius 3 is 2.45 bits per heavy atom. The molecular weight excluding hydrogens is 436 g/mol. The first-order valence-corrected chi connectivity index (χ1v) is 10.9. The summed E-state index contributed by atoms with van der Waals surface area (Å²) >= 11 is 7.53. The summed E-state index contributed by atoms with van der Waals surface area (Å²) in [7, 11) is 1.59. The van der Waals surface area contributed by atoms with Crippen molar-refractivity contribution in [3.63, 3.8) is 0 Å². The van der Waals surface area contributed by atoms with E-state index in [1.54, 1.807) is 31.4 Å². The Morgan fingerprint density at radius 2 is 1.77 bits per heavy atom. The second-order valence-corrected chi connectivity index (χ2v) is 8.55. The number of hydrogen-bond donors (Lipinski definition) is 2. The van der Waals surface area contributed by atoms with Crippen LogP contribution in [0.15, 0.2) is 54.6 Å². The van der Waals surface area contributed by atoms with Gasteiger partial charge in [0, 0.05) is 5.56 Å². The van der Waals surface area contributed by atoms with Crippen molar-refractivity contribution in [2.45, 2.75) is 25.3 Å². The topological polar surface area (TPSA) is 93.2 Å². The number of carbonyl (C=O) groups excluding carboxylic acids is 2. The van der Waals surface area contributed by atoms with E-state index in [-0.39, 0.29) is 11.8 Å². The number of methoxy groups -OCH3 is 1. The van der Waals surface area contributed by atoms with Gasteiger partial charge >= 0.3 is 0 Å². The maximum atomic E-state index is 12.8. The predicted octanol–water partition coefficient (Wildman–Crippen LogP) is 4.27. The number of rotatable bonds is 8. The number of amides is 2. The van der Waals surface area contributed by atoms with Gasteiger partial charge in [-0.05, 0) is 23.6 Å². The largest absolute Gasteiger partial charge is 0.497 e. The molecule has 1 aromatic heterocycles. The molecule has 0 bridgehead atoms. The molecule has 0 aliphatic heterocycles. The Kier molecular flexibility index (Phi) is 7.59. The second-order valence-electron chi connectivity index (χ2n) is 7.14. The molecule has 0 aliphatic carbocycles. The van der Waals surface area contributed by atoms with Crippen LogP contribution in [0.25, 0.3) is 10.6 Å². The number of ether oxygens (including phenoxy) is 1. The minimum Gasteiger partial charge on any atom is -0.497 e. The van der Waals surface area contributed by atoms with Gasteiger partial charge in [0.25, 0.3) is 0 Å². The fourth-order valence-corrected chi connectivity index (χ4v) is 3.82. The minimum atomic E-state index is -0.892. The van der Waals surface area contributed by atoms with Crippen LogP contribution in [0, 0.1) is 5.92 Å². The molecule has 7 nitrogen and oxygen atoms in total. The summed E-state index contributed by atoms with van der Waals surface area (Å²) in [5.74, 6) is -0.269. The summed E-state index contributed by atoms with van der Waals surface area (Å²) in [5, 5.41) is 13.8. The summed E-state index contributed by atoms with van der Waals surface area (Å²) in [5.41, 5.74) is 1.50. The lowest BCUT2D eigenvalue weighted by Gasteiger charge is -2.22. The highest BCUT2D eigenvalue weighted by atomic mass is 35.5. The fraction of sp³-hybridized carbons (Fsp3) is 0.273. The molecule has 2 amide bonds. The number of anilines is 1. The van der Waals surface area contributed by atoms with Crippen molar-refractivity contribution in [3.8, 4) is 16.3 Å². The molecule has 0 saturated carbocycles. The zero-order valence-electron chi connectivity index (χ0n) is 17.3. The molecule has 0 fully saturated rings. The molecule has 0 aliphatic rings. The fourth-order valence-electron chi connectivity index (χ4n) is 2.86. The van der Waals surface area contributed by atoms with E-state index in [1.807, 2.05) is 44.2 Å². The smallest absolute Gasteiger partial charge is 0.249 e. The lowest BCUT2D eigenvalue weighted by molar-refractivity contribution is -0.127. The summed E-state index contributed by atoms with van der Waals surface area (Å²) in [6.07, 6.45) is 0. The van der Waals surface area contributed by atoms with Crippen molar-refractivity contribution in [2.24, 2.45) is 5.92 Å². The van der Waals surface area contributed by atoms with Gasteiger partial charge in [0.1, 0.15) is 22.2 Å². The van der Waals surface area contributed by atoms with E-state index in [2.05, 4.69) is 20.8 Å². The molecular formula is C22H23ClN4O3S. The molecule has 31 heavy (non-hydrogen) atoms. The molecule has 0 spiro atoms. The highest BCUT2D eigenvalue weighted by molar-refractivity contribution is 7.18. The number of alkyl halides is 1. The Hall–Kier alpha value is -2.97. The molecule has 2 N–H and O–H groups in total. The molecule has 1 heterocycles. The van der Waals surface area contributed by atoms with E-state index in [0.29, 0.717) is 21.5 Å². The van der Waals surface area contributed by atoms with Gasteiger partial charge in [-0.2, -0.15) is 0 Å². The highest BCUT2D eigenvalue weighted by Gasteiger charge is 2.28. The number of aromatic nitrogens is 2. The minimum absolute atomic E-state index is 0.158. The molecule has 2 aromatic carbocycles. The van der Waals surface area contributed by atoms with Crippen LogP contribution < -0.4 is 15.4 Å². The van der Waals surface area contributed by atoms with Crippen LogP contribution in [0.4, 0.5) is 5.13 Å². The van der Waals surface area contributed by atoms with Crippen LogP contribution in [0.5, 0.6) is 5.75 Å². The first kappa shape index (κ1) is 22.7. The highest BCUT2D eigenvalue weighted by Crippen LogP contribution is 2.29. The first-order valence-electron chi connectivity index (χ1n) is 9.67. The number of hydrogen-bond acceptors (Lipinski definition) is 6. The molecule has 9 heteroatoms. The quantitative estimate of drug-likeness (QED) is 0.491. The summed E-state index contributed by atoms with van der Waals surface area (Å²) in [4.78, 5) is 25.4. The van der Waals surface area contributed by atoms with Crippen LogP contribution in [0.3, 0.4) is 0 Å². The Morgan fingerprint density at radius 1 is 1.03 bits per heavy atom. The maximum Gasteiger partial charge on any atom is 0.249 e. The van der Waals surface area contributed by atoms with Gasteiger partial charge in [-0.15, -0.1) is 21.8 Å². The zero-order chi connectivity index (χ0) is 22.4.